The number of hydrogen-bond acceptors (Lipinski definition) is 2. The SMILES string of the molecule is C[N+](C)(C)Cc1cccn1-c1ccc(Cl)cc1/C(=N/O)c1ccccc1. The van der Waals surface area contributed by atoms with Gasteiger partial charge in [-0.1, -0.05) is 47.1 Å². The number of hydrogen-bond donors (Lipinski definition) is 1. The second-order valence-electron chi connectivity index (χ2n) is 7.29. The summed E-state index contributed by atoms with van der Waals surface area (Å²) in [4.78, 5) is 0. The first-order chi connectivity index (χ1) is 12.4. The van der Waals surface area contributed by atoms with Crippen LogP contribution in [0.2, 0.25) is 5.02 Å². The van der Waals surface area contributed by atoms with E-state index in [1.54, 1.807) is 0 Å². The average Bonchev–Trinajstić information content (AvgIpc) is 3.03. The van der Waals surface area contributed by atoms with Crippen molar-refractivity contribution < 1.29 is 9.69 Å². The Morgan fingerprint density at radius 3 is 2.42 bits per heavy atom. The number of benzene rings is 2. The van der Waals surface area contributed by atoms with Crippen molar-refractivity contribution >= 4 is 17.3 Å². The van der Waals surface area contributed by atoms with Gasteiger partial charge in [-0.05, 0) is 30.3 Å². The summed E-state index contributed by atoms with van der Waals surface area (Å²) in [6.45, 7) is 0.867. The molecule has 0 bridgehead atoms. The van der Waals surface area contributed by atoms with Crippen molar-refractivity contribution in [2.24, 2.45) is 5.16 Å². The zero-order valence-electron chi connectivity index (χ0n) is 15.2. The molecular formula is C21H23ClN3O+. The van der Waals surface area contributed by atoms with Crippen molar-refractivity contribution in [2.45, 2.75) is 6.54 Å². The van der Waals surface area contributed by atoms with Gasteiger partial charge in [0.05, 0.1) is 32.5 Å². The molecule has 5 heteroatoms. The van der Waals surface area contributed by atoms with Crippen LogP contribution >= 0.6 is 11.6 Å². The molecule has 3 aromatic rings. The van der Waals surface area contributed by atoms with Crippen LogP contribution in [-0.4, -0.2) is 41.1 Å². The molecule has 1 heterocycles. The molecule has 0 saturated heterocycles. The second-order valence-corrected chi connectivity index (χ2v) is 7.73. The van der Waals surface area contributed by atoms with Crippen molar-refractivity contribution in [3.8, 4) is 5.69 Å². The molecule has 0 aliphatic rings. The van der Waals surface area contributed by atoms with E-state index in [9.17, 15) is 5.21 Å². The molecule has 0 aliphatic carbocycles. The molecule has 0 amide bonds. The van der Waals surface area contributed by atoms with Gasteiger partial charge >= 0.3 is 0 Å². The molecule has 2 aromatic carbocycles. The summed E-state index contributed by atoms with van der Waals surface area (Å²) in [6.07, 6.45) is 2.03. The number of halogens is 1. The lowest BCUT2D eigenvalue weighted by atomic mass is 10.0. The predicted molar refractivity (Wildman–Crippen MR) is 106 cm³/mol. The van der Waals surface area contributed by atoms with Gasteiger partial charge in [0.2, 0.25) is 0 Å². The first-order valence-electron chi connectivity index (χ1n) is 8.43. The summed E-state index contributed by atoms with van der Waals surface area (Å²) in [7, 11) is 6.47. The number of aromatic nitrogens is 1. The maximum Gasteiger partial charge on any atom is 0.119 e. The summed E-state index contributed by atoms with van der Waals surface area (Å²) in [5.74, 6) is 0. The highest BCUT2D eigenvalue weighted by Crippen LogP contribution is 2.25. The zero-order valence-corrected chi connectivity index (χ0v) is 16.0. The molecule has 3 rings (SSSR count). The van der Waals surface area contributed by atoms with Crippen molar-refractivity contribution in [3.63, 3.8) is 0 Å². The van der Waals surface area contributed by atoms with Crippen LogP contribution in [-0.2, 0) is 6.54 Å². The molecule has 0 atom stereocenters. The fourth-order valence-electron chi connectivity index (χ4n) is 3.04. The smallest absolute Gasteiger partial charge is 0.119 e. The Bertz CT molecular complexity index is 924. The van der Waals surface area contributed by atoms with Crippen molar-refractivity contribution in [2.75, 3.05) is 21.1 Å². The summed E-state index contributed by atoms with van der Waals surface area (Å²) < 4.78 is 2.94. The van der Waals surface area contributed by atoms with Crippen LogP contribution < -0.4 is 0 Å². The normalized spacial score (nSPS) is 12.4. The van der Waals surface area contributed by atoms with Crippen LogP contribution in [0.3, 0.4) is 0 Å². The Morgan fingerprint density at radius 1 is 1.04 bits per heavy atom. The fraction of sp³-hybridized carbons (Fsp3) is 0.190. The maximum absolute atomic E-state index is 9.73. The molecular weight excluding hydrogens is 346 g/mol. The Balaban J connectivity index is 2.15. The van der Waals surface area contributed by atoms with E-state index in [1.165, 1.54) is 5.69 Å². The molecule has 0 fully saturated rings. The zero-order chi connectivity index (χ0) is 18.7. The molecule has 4 nitrogen and oxygen atoms in total. The van der Waals surface area contributed by atoms with Gasteiger partial charge in [0.25, 0.3) is 0 Å². The quantitative estimate of drug-likeness (QED) is 0.305. The van der Waals surface area contributed by atoms with Crippen LogP contribution in [0.5, 0.6) is 0 Å². The summed E-state index contributed by atoms with van der Waals surface area (Å²) in [5, 5.41) is 13.9. The van der Waals surface area contributed by atoms with E-state index >= 15 is 0 Å². The number of nitrogens with zero attached hydrogens (tertiary/aromatic N) is 3. The summed E-state index contributed by atoms with van der Waals surface area (Å²) >= 11 is 6.26. The highest BCUT2D eigenvalue weighted by molar-refractivity contribution is 6.31. The predicted octanol–water partition coefficient (Wildman–Crippen LogP) is 4.56. The number of quaternary nitrogens is 1. The van der Waals surface area contributed by atoms with E-state index in [1.807, 2.05) is 60.8 Å². The van der Waals surface area contributed by atoms with E-state index in [2.05, 4.69) is 36.9 Å². The third kappa shape index (κ3) is 3.98. The Morgan fingerprint density at radius 2 is 1.77 bits per heavy atom. The van der Waals surface area contributed by atoms with Crippen LogP contribution in [0.1, 0.15) is 16.8 Å². The molecule has 0 unspecified atom stereocenters. The van der Waals surface area contributed by atoms with Crippen LogP contribution in [0, 0.1) is 0 Å². The molecule has 1 aromatic heterocycles. The number of rotatable bonds is 5. The molecule has 26 heavy (non-hydrogen) atoms. The first-order valence-corrected chi connectivity index (χ1v) is 8.81. The Kier molecular flexibility index (Phi) is 5.16. The van der Waals surface area contributed by atoms with Gasteiger partial charge in [-0.3, -0.25) is 0 Å². The third-order valence-electron chi connectivity index (χ3n) is 4.09. The van der Waals surface area contributed by atoms with Crippen molar-refractivity contribution in [3.05, 3.63) is 88.7 Å². The lowest BCUT2D eigenvalue weighted by molar-refractivity contribution is -0.884. The van der Waals surface area contributed by atoms with Gasteiger partial charge in [-0.25, -0.2) is 0 Å². The lowest BCUT2D eigenvalue weighted by Crippen LogP contribution is -2.34. The average molecular weight is 369 g/mol. The third-order valence-corrected chi connectivity index (χ3v) is 4.33. The van der Waals surface area contributed by atoms with E-state index in [-0.39, 0.29) is 0 Å². The van der Waals surface area contributed by atoms with Crippen molar-refractivity contribution in [1.29, 1.82) is 0 Å². The van der Waals surface area contributed by atoms with E-state index < -0.39 is 0 Å². The number of oxime groups is 1. The Labute approximate surface area is 159 Å². The van der Waals surface area contributed by atoms with E-state index in [4.69, 9.17) is 11.6 Å². The van der Waals surface area contributed by atoms with Crippen LogP contribution in [0.15, 0.2) is 72.0 Å². The summed E-state index contributed by atoms with van der Waals surface area (Å²) in [6, 6.07) is 19.4. The topological polar surface area (TPSA) is 37.5 Å². The molecule has 1 N–H and O–H groups in total. The van der Waals surface area contributed by atoms with Gasteiger partial charge in [-0.15, -0.1) is 0 Å². The first kappa shape index (κ1) is 18.2. The molecule has 134 valence electrons. The molecule has 0 saturated carbocycles. The van der Waals surface area contributed by atoms with Crippen LogP contribution in [0.4, 0.5) is 0 Å². The molecule has 0 radical (unpaired) electrons. The van der Waals surface area contributed by atoms with Gasteiger partial charge in [0.1, 0.15) is 12.3 Å². The van der Waals surface area contributed by atoms with E-state index in [0.717, 1.165) is 27.8 Å². The summed E-state index contributed by atoms with van der Waals surface area (Å²) in [5.41, 5.74) is 4.21. The van der Waals surface area contributed by atoms with Crippen molar-refractivity contribution in [1.82, 2.24) is 4.57 Å². The second kappa shape index (κ2) is 7.36. The minimum absolute atomic E-state index is 0.494. The van der Waals surface area contributed by atoms with Gasteiger partial charge in [0, 0.05) is 22.3 Å². The Hall–Kier alpha value is -2.56. The maximum atomic E-state index is 9.73. The van der Waals surface area contributed by atoms with Gasteiger partial charge < -0.3 is 14.3 Å². The largest absolute Gasteiger partial charge is 0.410 e. The molecule has 0 aliphatic heterocycles. The molecule has 0 spiro atoms. The highest BCUT2D eigenvalue weighted by Gasteiger charge is 2.18. The minimum atomic E-state index is 0.494. The van der Waals surface area contributed by atoms with E-state index in [0.29, 0.717) is 10.7 Å². The highest BCUT2D eigenvalue weighted by atomic mass is 35.5. The lowest BCUT2D eigenvalue weighted by Gasteiger charge is -2.25. The minimum Gasteiger partial charge on any atom is -0.410 e. The van der Waals surface area contributed by atoms with Gasteiger partial charge in [0.15, 0.2) is 0 Å². The van der Waals surface area contributed by atoms with Gasteiger partial charge in [-0.2, -0.15) is 0 Å². The monoisotopic (exact) mass is 368 g/mol. The fourth-order valence-corrected chi connectivity index (χ4v) is 3.21. The van der Waals surface area contributed by atoms with Crippen LogP contribution in [0.25, 0.3) is 5.69 Å². The standard InChI is InChI=1S/C21H22ClN3O/c1-25(2,3)15-18-10-7-13-24(18)20-12-11-17(22)14-19(20)21(23-26)16-8-5-4-6-9-16/h4-14H,15H2,1-3H3/p+1/b23-21+.